The summed E-state index contributed by atoms with van der Waals surface area (Å²) in [5.74, 6) is 2.35. The maximum Gasteiger partial charge on any atom is 0.226 e. The fraction of sp³-hybridized carbons (Fsp3) is 0.150. The number of furan rings is 1. The van der Waals surface area contributed by atoms with Crippen molar-refractivity contribution in [2.24, 2.45) is 0 Å². The second-order valence-electron chi connectivity index (χ2n) is 6.50. The summed E-state index contributed by atoms with van der Waals surface area (Å²) in [4.78, 5) is 16.9. The van der Waals surface area contributed by atoms with Gasteiger partial charge in [-0.05, 0) is 36.4 Å². The Morgan fingerprint density at radius 1 is 1.25 bits per heavy atom. The van der Waals surface area contributed by atoms with Gasteiger partial charge in [0.05, 0.1) is 19.3 Å². The van der Waals surface area contributed by atoms with Crippen LogP contribution in [0.1, 0.15) is 23.7 Å². The molecule has 2 N–H and O–H groups in total. The maximum atomic E-state index is 12.3. The highest BCUT2D eigenvalue weighted by atomic mass is 16.5. The third-order valence-electron chi connectivity index (χ3n) is 4.90. The van der Waals surface area contributed by atoms with Crippen LogP contribution in [-0.4, -0.2) is 32.8 Å². The van der Waals surface area contributed by atoms with Crippen molar-refractivity contribution in [3.05, 3.63) is 66.4 Å². The maximum absolute atomic E-state index is 12.3. The molecule has 0 aliphatic carbocycles. The van der Waals surface area contributed by atoms with Crippen molar-refractivity contribution < 1.29 is 13.9 Å². The number of carbonyl (C=O) groups is 1. The monoisotopic (exact) mass is 375 g/mol. The minimum atomic E-state index is -0.264. The zero-order valence-electron chi connectivity index (χ0n) is 15.0. The molecule has 3 aromatic heterocycles. The van der Waals surface area contributed by atoms with Crippen molar-refractivity contribution >= 4 is 11.7 Å². The highest BCUT2D eigenvalue weighted by Crippen LogP contribution is 2.41. The largest absolute Gasteiger partial charge is 0.497 e. The van der Waals surface area contributed by atoms with E-state index in [0.717, 1.165) is 28.5 Å². The summed E-state index contributed by atoms with van der Waals surface area (Å²) in [6, 6.07) is 11.4. The zero-order chi connectivity index (χ0) is 19.1. The van der Waals surface area contributed by atoms with Gasteiger partial charge in [-0.25, -0.2) is 4.98 Å². The number of carbonyl (C=O) groups excluding carboxylic acids is 1. The first-order valence-corrected chi connectivity index (χ1v) is 8.84. The van der Waals surface area contributed by atoms with Crippen molar-refractivity contribution in [3.63, 3.8) is 0 Å². The predicted molar refractivity (Wildman–Crippen MR) is 101 cm³/mol. The zero-order valence-corrected chi connectivity index (χ0v) is 15.0. The van der Waals surface area contributed by atoms with E-state index in [1.54, 1.807) is 19.6 Å². The SMILES string of the molecule is COc1ccc(-n2ccnc2[C@H]2CC(=O)Nc3n[nH]c(-c4ccco4)c32)cc1. The summed E-state index contributed by atoms with van der Waals surface area (Å²) in [6.45, 7) is 0. The summed E-state index contributed by atoms with van der Waals surface area (Å²) < 4.78 is 12.8. The van der Waals surface area contributed by atoms with Crippen LogP contribution in [0.4, 0.5) is 5.82 Å². The van der Waals surface area contributed by atoms with Crippen molar-refractivity contribution in [1.29, 1.82) is 0 Å². The standard InChI is InChI=1S/C20H17N5O3/c1-27-13-6-4-12(5-7-13)25-9-8-21-20(25)14-11-16(26)22-19-17(14)18(23-24-19)15-3-2-10-28-15/h2-10,14H,11H2,1H3,(H2,22,23,24,26)/t14-/m0/s1. The first-order chi connectivity index (χ1) is 13.7. The van der Waals surface area contributed by atoms with E-state index >= 15 is 0 Å². The molecule has 0 spiro atoms. The number of hydrogen-bond donors (Lipinski definition) is 2. The van der Waals surface area contributed by atoms with Crippen molar-refractivity contribution in [3.8, 4) is 22.9 Å². The lowest BCUT2D eigenvalue weighted by Crippen LogP contribution is -2.25. The van der Waals surface area contributed by atoms with Crippen LogP contribution in [-0.2, 0) is 4.79 Å². The number of amides is 1. The molecule has 4 heterocycles. The highest BCUT2D eigenvalue weighted by molar-refractivity contribution is 5.95. The molecule has 5 rings (SSSR count). The van der Waals surface area contributed by atoms with E-state index in [0.29, 0.717) is 11.6 Å². The predicted octanol–water partition coefficient (Wildman–Crippen LogP) is 3.34. The van der Waals surface area contributed by atoms with Crippen LogP contribution >= 0.6 is 0 Å². The molecule has 0 unspecified atom stereocenters. The van der Waals surface area contributed by atoms with E-state index in [4.69, 9.17) is 9.15 Å². The Labute approximate surface area is 160 Å². The van der Waals surface area contributed by atoms with Gasteiger partial charge in [0.15, 0.2) is 11.6 Å². The molecule has 1 amide bonds. The van der Waals surface area contributed by atoms with Gasteiger partial charge in [0.25, 0.3) is 0 Å². The van der Waals surface area contributed by atoms with Crippen LogP contribution in [0.5, 0.6) is 5.75 Å². The van der Waals surface area contributed by atoms with Crippen molar-refractivity contribution in [1.82, 2.24) is 19.7 Å². The summed E-state index contributed by atoms with van der Waals surface area (Å²) >= 11 is 0. The molecule has 0 radical (unpaired) electrons. The summed E-state index contributed by atoms with van der Waals surface area (Å²) in [7, 11) is 1.63. The van der Waals surface area contributed by atoms with E-state index < -0.39 is 0 Å². The molecular weight excluding hydrogens is 358 g/mol. The Hall–Kier alpha value is -3.81. The van der Waals surface area contributed by atoms with Crippen LogP contribution in [0, 0.1) is 0 Å². The number of hydrogen-bond acceptors (Lipinski definition) is 5. The average Bonchev–Trinajstić information content (AvgIpc) is 3.46. The molecule has 8 nitrogen and oxygen atoms in total. The van der Waals surface area contributed by atoms with Gasteiger partial charge in [0.1, 0.15) is 17.3 Å². The fourth-order valence-corrected chi connectivity index (χ4v) is 3.62. The lowest BCUT2D eigenvalue weighted by molar-refractivity contribution is -0.116. The second kappa shape index (κ2) is 6.41. The van der Waals surface area contributed by atoms with Gasteiger partial charge in [0, 0.05) is 30.1 Å². The number of nitrogens with one attached hydrogen (secondary N) is 2. The van der Waals surface area contributed by atoms with E-state index in [1.165, 1.54) is 0 Å². The number of aromatic amines is 1. The normalized spacial score (nSPS) is 15.9. The van der Waals surface area contributed by atoms with Gasteiger partial charge in [-0.2, -0.15) is 5.10 Å². The molecular formula is C20H17N5O3. The number of nitrogens with zero attached hydrogens (tertiary/aromatic N) is 3. The van der Waals surface area contributed by atoms with E-state index in [1.807, 2.05) is 47.2 Å². The lowest BCUT2D eigenvalue weighted by Gasteiger charge is -2.23. The first kappa shape index (κ1) is 16.4. The first-order valence-electron chi connectivity index (χ1n) is 8.84. The van der Waals surface area contributed by atoms with E-state index in [2.05, 4.69) is 20.5 Å². The molecule has 0 saturated heterocycles. The van der Waals surface area contributed by atoms with Gasteiger partial charge < -0.3 is 19.0 Å². The molecule has 0 fully saturated rings. The summed E-state index contributed by atoms with van der Waals surface area (Å²) in [6.07, 6.45) is 5.50. The van der Waals surface area contributed by atoms with Crippen molar-refractivity contribution in [2.75, 3.05) is 12.4 Å². The van der Waals surface area contributed by atoms with Crippen molar-refractivity contribution in [2.45, 2.75) is 12.3 Å². The summed E-state index contributed by atoms with van der Waals surface area (Å²) in [5, 5.41) is 10.1. The number of rotatable bonds is 4. The van der Waals surface area contributed by atoms with Gasteiger partial charge >= 0.3 is 0 Å². The minimum Gasteiger partial charge on any atom is -0.497 e. The Kier molecular flexibility index (Phi) is 3.75. The smallest absolute Gasteiger partial charge is 0.226 e. The van der Waals surface area contributed by atoms with E-state index in [-0.39, 0.29) is 18.2 Å². The van der Waals surface area contributed by atoms with Gasteiger partial charge in [0.2, 0.25) is 5.91 Å². The number of methoxy groups -OCH3 is 1. The third-order valence-corrected chi connectivity index (χ3v) is 4.90. The summed E-state index contributed by atoms with van der Waals surface area (Å²) in [5.41, 5.74) is 2.55. The molecule has 1 aliphatic heterocycles. The van der Waals surface area contributed by atoms with Gasteiger partial charge in [-0.1, -0.05) is 0 Å². The van der Waals surface area contributed by atoms with Crippen LogP contribution in [0.25, 0.3) is 17.1 Å². The Morgan fingerprint density at radius 3 is 2.86 bits per heavy atom. The number of fused-ring (bicyclic) bond motifs is 1. The Balaban J connectivity index is 1.63. The van der Waals surface area contributed by atoms with Gasteiger partial charge in [-0.15, -0.1) is 0 Å². The molecule has 0 saturated carbocycles. The van der Waals surface area contributed by atoms with Crippen LogP contribution in [0.3, 0.4) is 0 Å². The number of imidazole rings is 1. The molecule has 1 aromatic carbocycles. The molecule has 1 atom stereocenters. The molecule has 28 heavy (non-hydrogen) atoms. The van der Waals surface area contributed by atoms with Crippen LogP contribution in [0.15, 0.2) is 59.5 Å². The average molecular weight is 375 g/mol. The minimum absolute atomic E-state index is 0.0979. The fourth-order valence-electron chi connectivity index (χ4n) is 3.62. The molecule has 140 valence electrons. The quantitative estimate of drug-likeness (QED) is 0.570. The number of aromatic nitrogens is 4. The lowest BCUT2D eigenvalue weighted by atomic mass is 9.90. The molecule has 4 aromatic rings. The highest BCUT2D eigenvalue weighted by Gasteiger charge is 2.35. The number of H-pyrrole nitrogens is 1. The molecule has 1 aliphatic rings. The van der Waals surface area contributed by atoms with Gasteiger partial charge in [-0.3, -0.25) is 9.89 Å². The van der Waals surface area contributed by atoms with Crippen LogP contribution < -0.4 is 10.1 Å². The number of ether oxygens (including phenoxy) is 1. The van der Waals surface area contributed by atoms with Crippen LogP contribution in [0.2, 0.25) is 0 Å². The number of anilines is 1. The Bertz CT molecular complexity index is 1130. The number of benzene rings is 1. The third kappa shape index (κ3) is 2.58. The topological polar surface area (TPSA) is 98.0 Å². The second-order valence-corrected chi connectivity index (χ2v) is 6.50. The van der Waals surface area contributed by atoms with E-state index in [9.17, 15) is 4.79 Å². The molecule has 8 heteroatoms. The molecule has 0 bridgehead atoms. The Morgan fingerprint density at radius 2 is 2.11 bits per heavy atom.